The van der Waals surface area contributed by atoms with E-state index < -0.39 is 6.04 Å². The van der Waals surface area contributed by atoms with Crippen molar-refractivity contribution < 1.29 is 4.39 Å². The normalized spacial score (nSPS) is 17.3. The van der Waals surface area contributed by atoms with Crippen molar-refractivity contribution in [1.82, 2.24) is 4.90 Å². The molecule has 1 saturated heterocycles. The van der Waals surface area contributed by atoms with Gasteiger partial charge in [0.25, 0.3) is 0 Å². The summed E-state index contributed by atoms with van der Waals surface area (Å²) in [6.45, 7) is 1.85. The molecule has 1 fully saturated rings. The maximum Gasteiger partial charge on any atom is 0.192 e. The van der Waals surface area contributed by atoms with Crippen LogP contribution in [0.3, 0.4) is 0 Å². The second kappa shape index (κ2) is 8.88. The Morgan fingerprint density at radius 1 is 1.19 bits per heavy atom. The molecular formula is C16H21FIN3. The van der Waals surface area contributed by atoms with E-state index in [2.05, 4.69) is 15.8 Å². The molecule has 0 radical (unpaired) electrons. The number of nitrogens with two attached hydrogens (primary N) is 1. The van der Waals surface area contributed by atoms with Gasteiger partial charge in [0.15, 0.2) is 5.96 Å². The smallest absolute Gasteiger partial charge is 0.192 e. The summed E-state index contributed by atoms with van der Waals surface area (Å²) >= 11 is 0. The Labute approximate surface area is 142 Å². The van der Waals surface area contributed by atoms with Gasteiger partial charge in [-0.05, 0) is 30.5 Å². The molecule has 0 spiro atoms. The van der Waals surface area contributed by atoms with Gasteiger partial charge in [-0.2, -0.15) is 0 Å². The molecule has 1 aromatic rings. The van der Waals surface area contributed by atoms with Crippen molar-refractivity contribution in [2.45, 2.75) is 31.7 Å². The summed E-state index contributed by atoms with van der Waals surface area (Å²) in [6.07, 6.45) is 10.3. The van der Waals surface area contributed by atoms with Gasteiger partial charge in [0.1, 0.15) is 11.9 Å². The Bertz CT molecular complexity index is 499. The fraction of sp³-hybridized carbons (Fsp3) is 0.438. The number of hydrogen-bond acceptors (Lipinski definition) is 1. The van der Waals surface area contributed by atoms with Crippen molar-refractivity contribution in [3.05, 3.63) is 35.6 Å². The van der Waals surface area contributed by atoms with Crippen molar-refractivity contribution in [2.75, 3.05) is 13.1 Å². The molecule has 114 valence electrons. The molecule has 0 aromatic heterocycles. The molecule has 3 nitrogen and oxygen atoms in total. The molecule has 0 saturated carbocycles. The van der Waals surface area contributed by atoms with Crippen LogP contribution in [0.2, 0.25) is 0 Å². The van der Waals surface area contributed by atoms with Gasteiger partial charge in [-0.25, -0.2) is 9.38 Å². The molecule has 21 heavy (non-hydrogen) atoms. The highest BCUT2D eigenvalue weighted by atomic mass is 127. The molecular weight excluding hydrogens is 380 g/mol. The van der Waals surface area contributed by atoms with Crippen LogP contribution in [0.5, 0.6) is 0 Å². The first-order chi connectivity index (χ1) is 9.70. The number of halogens is 2. The number of benzene rings is 1. The Morgan fingerprint density at radius 2 is 1.76 bits per heavy atom. The predicted molar refractivity (Wildman–Crippen MR) is 95.1 cm³/mol. The zero-order valence-corrected chi connectivity index (χ0v) is 14.3. The number of nitrogens with zero attached hydrogens (tertiary/aromatic N) is 2. The van der Waals surface area contributed by atoms with Crippen LogP contribution in [-0.4, -0.2) is 23.9 Å². The number of terminal acetylenes is 1. The zero-order chi connectivity index (χ0) is 14.4. The van der Waals surface area contributed by atoms with Gasteiger partial charge in [0.05, 0.1) is 0 Å². The average molecular weight is 401 g/mol. The van der Waals surface area contributed by atoms with Gasteiger partial charge < -0.3 is 10.6 Å². The maximum atomic E-state index is 12.9. The second-order valence-electron chi connectivity index (χ2n) is 5.01. The Kier molecular flexibility index (Phi) is 7.51. The van der Waals surface area contributed by atoms with Crippen LogP contribution in [0.4, 0.5) is 4.39 Å². The summed E-state index contributed by atoms with van der Waals surface area (Å²) in [4.78, 5) is 6.51. The highest BCUT2D eigenvalue weighted by molar-refractivity contribution is 14.0. The number of likely N-dealkylation sites (tertiary alicyclic amines) is 1. The SMILES string of the molecule is C#CC(N=C(N)N1CCCCCC1)c1ccc(F)cc1.I. The van der Waals surface area contributed by atoms with Crippen LogP contribution in [0.1, 0.15) is 37.3 Å². The van der Waals surface area contributed by atoms with E-state index in [1.165, 1.54) is 25.0 Å². The Hall–Kier alpha value is -1.29. The molecule has 1 heterocycles. The minimum atomic E-state index is -0.459. The van der Waals surface area contributed by atoms with Crippen LogP contribution < -0.4 is 5.73 Å². The lowest BCUT2D eigenvalue weighted by Crippen LogP contribution is -2.38. The van der Waals surface area contributed by atoms with Crippen LogP contribution in [0, 0.1) is 18.2 Å². The van der Waals surface area contributed by atoms with Crippen LogP contribution in [-0.2, 0) is 0 Å². The topological polar surface area (TPSA) is 41.6 Å². The third-order valence-electron chi connectivity index (χ3n) is 3.54. The monoisotopic (exact) mass is 401 g/mol. The van der Waals surface area contributed by atoms with E-state index in [1.54, 1.807) is 12.1 Å². The standard InChI is InChI=1S/C16H20FN3.HI/c1-2-15(13-7-9-14(17)10-8-13)19-16(18)20-11-5-3-4-6-12-20;/h1,7-10,15H,3-6,11-12H2,(H2,18,19);1H. The molecule has 1 unspecified atom stereocenters. The molecule has 1 atom stereocenters. The van der Waals surface area contributed by atoms with Crippen molar-refractivity contribution >= 4 is 29.9 Å². The summed E-state index contributed by atoms with van der Waals surface area (Å²) in [7, 11) is 0. The van der Waals surface area contributed by atoms with Gasteiger partial charge >= 0.3 is 0 Å². The summed E-state index contributed by atoms with van der Waals surface area (Å²) in [5.74, 6) is 2.81. The fourth-order valence-electron chi connectivity index (χ4n) is 2.37. The summed E-state index contributed by atoms with van der Waals surface area (Å²) < 4.78 is 12.9. The van der Waals surface area contributed by atoms with Crippen LogP contribution >= 0.6 is 24.0 Å². The number of aliphatic imine (C=N–C) groups is 1. The van der Waals surface area contributed by atoms with Crippen molar-refractivity contribution in [3.63, 3.8) is 0 Å². The van der Waals surface area contributed by atoms with Crippen molar-refractivity contribution in [2.24, 2.45) is 10.7 Å². The zero-order valence-electron chi connectivity index (χ0n) is 12.0. The van der Waals surface area contributed by atoms with E-state index in [9.17, 15) is 4.39 Å². The summed E-state index contributed by atoms with van der Waals surface area (Å²) in [6, 6.07) is 5.62. The molecule has 2 N–H and O–H groups in total. The van der Waals surface area contributed by atoms with E-state index in [4.69, 9.17) is 12.2 Å². The fourth-order valence-corrected chi connectivity index (χ4v) is 2.37. The van der Waals surface area contributed by atoms with E-state index in [0.717, 1.165) is 31.5 Å². The number of rotatable bonds is 2. The van der Waals surface area contributed by atoms with E-state index in [-0.39, 0.29) is 29.8 Å². The molecule has 1 aliphatic heterocycles. The molecule has 1 aliphatic rings. The molecule has 1 aromatic carbocycles. The van der Waals surface area contributed by atoms with Gasteiger partial charge in [0.2, 0.25) is 0 Å². The maximum absolute atomic E-state index is 12.9. The van der Waals surface area contributed by atoms with Crippen molar-refractivity contribution in [1.29, 1.82) is 0 Å². The Balaban J connectivity index is 0.00000220. The minimum Gasteiger partial charge on any atom is -0.370 e. The lowest BCUT2D eigenvalue weighted by molar-refractivity contribution is 0.427. The molecule has 0 aliphatic carbocycles. The second-order valence-corrected chi connectivity index (χ2v) is 5.01. The third kappa shape index (κ3) is 5.20. The third-order valence-corrected chi connectivity index (χ3v) is 3.54. The summed E-state index contributed by atoms with van der Waals surface area (Å²) in [5, 5.41) is 0. The van der Waals surface area contributed by atoms with Gasteiger partial charge in [-0.1, -0.05) is 30.9 Å². The van der Waals surface area contributed by atoms with E-state index in [1.807, 2.05) is 0 Å². The lowest BCUT2D eigenvalue weighted by Gasteiger charge is -2.22. The molecule has 2 rings (SSSR count). The van der Waals surface area contributed by atoms with Gasteiger partial charge in [-0.3, -0.25) is 0 Å². The lowest BCUT2D eigenvalue weighted by atomic mass is 10.1. The first kappa shape index (κ1) is 17.8. The predicted octanol–water partition coefficient (Wildman–Crippen LogP) is 3.31. The van der Waals surface area contributed by atoms with Gasteiger partial charge in [0, 0.05) is 13.1 Å². The highest BCUT2D eigenvalue weighted by Gasteiger charge is 2.13. The van der Waals surface area contributed by atoms with Crippen molar-refractivity contribution in [3.8, 4) is 12.3 Å². The highest BCUT2D eigenvalue weighted by Crippen LogP contribution is 2.18. The number of guanidine groups is 1. The largest absolute Gasteiger partial charge is 0.370 e. The van der Waals surface area contributed by atoms with E-state index in [0.29, 0.717) is 5.96 Å². The molecule has 5 heteroatoms. The minimum absolute atomic E-state index is 0. The Morgan fingerprint density at radius 3 is 2.29 bits per heavy atom. The quantitative estimate of drug-likeness (QED) is 0.358. The first-order valence-corrected chi connectivity index (χ1v) is 7.00. The first-order valence-electron chi connectivity index (χ1n) is 7.00. The summed E-state index contributed by atoms with van der Waals surface area (Å²) in [5.41, 5.74) is 6.85. The molecule has 0 bridgehead atoms. The number of hydrogen-bond donors (Lipinski definition) is 1. The van der Waals surface area contributed by atoms with Gasteiger partial charge in [-0.15, -0.1) is 30.4 Å². The van der Waals surface area contributed by atoms with Crippen LogP contribution in [0.15, 0.2) is 29.3 Å². The van der Waals surface area contributed by atoms with E-state index >= 15 is 0 Å². The van der Waals surface area contributed by atoms with Crippen LogP contribution in [0.25, 0.3) is 0 Å². The average Bonchev–Trinajstić information content (AvgIpc) is 2.75. The molecule has 0 amide bonds.